The van der Waals surface area contributed by atoms with Crippen LogP contribution >= 0.6 is 11.3 Å². The molecule has 0 unspecified atom stereocenters. The van der Waals surface area contributed by atoms with Crippen LogP contribution in [0.1, 0.15) is 26.2 Å². The highest BCUT2D eigenvalue weighted by Crippen LogP contribution is 2.30. The van der Waals surface area contributed by atoms with E-state index in [1.54, 1.807) is 11.3 Å². The number of nitrogens with one attached hydrogen (secondary N) is 2. The van der Waals surface area contributed by atoms with Crippen molar-refractivity contribution in [2.75, 3.05) is 17.2 Å². The molecule has 0 atom stereocenters. The molecule has 1 aliphatic rings. The molecule has 4 nitrogen and oxygen atoms in total. The fraction of sp³-hybridized carbons (Fsp3) is 0.500. The van der Waals surface area contributed by atoms with Crippen LogP contribution in [0, 0.1) is 0 Å². The van der Waals surface area contributed by atoms with Gasteiger partial charge in [-0.05, 0) is 37.6 Å². The van der Waals surface area contributed by atoms with E-state index < -0.39 is 0 Å². The van der Waals surface area contributed by atoms with Crippen LogP contribution in [0.15, 0.2) is 11.4 Å². The second kappa shape index (κ2) is 4.49. The summed E-state index contributed by atoms with van der Waals surface area (Å²) in [4.78, 5) is 10.1. The molecule has 2 N–H and O–H groups in total. The van der Waals surface area contributed by atoms with Crippen LogP contribution in [-0.2, 0) is 0 Å². The van der Waals surface area contributed by atoms with E-state index in [0.717, 1.165) is 28.5 Å². The van der Waals surface area contributed by atoms with Crippen molar-refractivity contribution in [3.63, 3.8) is 0 Å². The summed E-state index contributed by atoms with van der Waals surface area (Å²) in [5, 5.41) is 9.92. The minimum atomic E-state index is 0.600. The monoisotopic (exact) mass is 248 g/mol. The lowest BCUT2D eigenvalue weighted by Gasteiger charge is -2.27. The second-order valence-electron chi connectivity index (χ2n) is 4.34. The lowest BCUT2D eigenvalue weighted by molar-refractivity contribution is 0.445. The van der Waals surface area contributed by atoms with Crippen molar-refractivity contribution in [3.05, 3.63) is 11.4 Å². The Kier molecular flexibility index (Phi) is 2.84. The highest BCUT2D eigenvalue weighted by atomic mass is 32.1. The number of fused-ring (bicyclic) bond motifs is 1. The molecule has 1 fully saturated rings. The van der Waals surface area contributed by atoms with Gasteiger partial charge >= 0.3 is 0 Å². The van der Waals surface area contributed by atoms with Gasteiger partial charge in [0.25, 0.3) is 0 Å². The molecule has 90 valence electrons. The van der Waals surface area contributed by atoms with Gasteiger partial charge in [-0.25, -0.2) is 4.98 Å². The Bertz CT molecular complexity index is 518. The zero-order chi connectivity index (χ0) is 11.7. The lowest BCUT2D eigenvalue weighted by Crippen LogP contribution is -2.27. The zero-order valence-electron chi connectivity index (χ0n) is 9.86. The van der Waals surface area contributed by atoms with Gasteiger partial charge in [-0.15, -0.1) is 11.3 Å². The van der Waals surface area contributed by atoms with Crippen LogP contribution in [0.5, 0.6) is 0 Å². The van der Waals surface area contributed by atoms with E-state index in [0.29, 0.717) is 6.04 Å². The Hall–Kier alpha value is -1.36. The molecule has 1 aliphatic carbocycles. The molecule has 0 radical (unpaired) electrons. The average Bonchev–Trinajstić information content (AvgIpc) is 2.71. The van der Waals surface area contributed by atoms with Crippen LogP contribution in [0.25, 0.3) is 10.2 Å². The van der Waals surface area contributed by atoms with E-state index in [9.17, 15) is 0 Å². The van der Waals surface area contributed by atoms with Gasteiger partial charge in [0.2, 0.25) is 5.95 Å². The van der Waals surface area contributed by atoms with Crippen molar-refractivity contribution >= 4 is 33.3 Å². The normalized spacial score (nSPS) is 15.8. The fourth-order valence-corrected chi connectivity index (χ4v) is 2.71. The van der Waals surface area contributed by atoms with E-state index in [2.05, 4.69) is 39.0 Å². The average molecular weight is 248 g/mol. The van der Waals surface area contributed by atoms with Crippen LogP contribution < -0.4 is 10.6 Å². The van der Waals surface area contributed by atoms with E-state index in [1.807, 2.05) is 0 Å². The first-order chi connectivity index (χ1) is 8.36. The van der Waals surface area contributed by atoms with Gasteiger partial charge in [0.1, 0.15) is 10.6 Å². The zero-order valence-corrected chi connectivity index (χ0v) is 10.7. The molecule has 0 aromatic carbocycles. The number of hydrogen-bond donors (Lipinski definition) is 2. The van der Waals surface area contributed by atoms with Crippen molar-refractivity contribution in [2.24, 2.45) is 0 Å². The first-order valence-corrected chi connectivity index (χ1v) is 7.00. The third-order valence-corrected chi connectivity index (χ3v) is 3.91. The third kappa shape index (κ3) is 2.07. The third-order valence-electron chi connectivity index (χ3n) is 3.11. The molecule has 2 aromatic heterocycles. The number of aromatic nitrogens is 2. The SMILES string of the molecule is CCNc1nc(NC2CCC2)c2ccsc2n1. The summed E-state index contributed by atoms with van der Waals surface area (Å²) in [5.74, 6) is 1.71. The molecule has 0 saturated heterocycles. The predicted molar refractivity (Wildman–Crippen MR) is 72.8 cm³/mol. The van der Waals surface area contributed by atoms with Gasteiger partial charge in [-0.2, -0.15) is 4.98 Å². The Morgan fingerprint density at radius 3 is 3.00 bits per heavy atom. The molecule has 3 rings (SSSR count). The molecule has 0 amide bonds. The summed E-state index contributed by atoms with van der Waals surface area (Å²) in [6.07, 6.45) is 3.84. The lowest BCUT2D eigenvalue weighted by atomic mass is 9.93. The molecular weight excluding hydrogens is 232 g/mol. The van der Waals surface area contributed by atoms with Gasteiger partial charge in [-0.3, -0.25) is 0 Å². The number of rotatable bonds is 4. The quantitative estimate of drug-likeness (QED) is 0.873. The Labute approximate surface area is 104 Å². The summed E-state index contributed by atoms with van der Waals surface area (Å²) in [7, 11) is 0. The van der Waals surface area contributed by atoms with Gasteiger partial charge in [0.15, 0.2) is 0 Å². The summed E-state index contributed by atoms with van der Waals surface area (Å²) >= 11 is 1.66. The Balaban J connectivity index is 1.96. The standard InChI is InChI=1S/C12H16N4S/c1-2-13-12-15-10(14-8-4-3-5-8)9-6-7-17-11(9)16-12/h6-8H,2-5H2,1H3,(H2,13,14,15,16). The number of thiophene rings is 1. The highest BCUT2D eigenvalue weighted by molar-refractivity contribution is 7.16. The maximum atomic E-state index is 4.56. The van der Waals surface area contributed by atoms with Crippen molar-refractivity contribution in [3.8, 4) is 0 Å². The van der Waals surface area contributed by atoms with Gasteiger partial charge in [0, 0.05) is 12.6 Å². The highest BCUT2D eigenvalue weighted by Gasteiger charge is 2.19. The van der Waals surface area contributed by atoms with Crippen molar-refractivity contribution in [1.29, 1.82) is 0 Å². The van der Waals surface area contributed by atoms with Crippen LogP contribution in [-0.4, -0.2) is 22.6 Å². The molecule has 17 heavy (non-hydrogen) atoms. The molecule has 0 aliphatic heterocycles. The summed E-state index contributed by atoms with van der Waals surface area (Å²) in [6.45, 7) is 2.90. The van der Waals surface area contributed by atoms with E-state index in [-0.39, 0.29) is 0 Å². The summed E-state index contributed by atoms with van der Waals surface area (Å²) < 4.78 is 0. The molecule has 2 aromatic rings. The molecule has 2 heterocycles. The Morgan fingerprint density at radius 1 is 1.41 bits per heavy atom. The fourth-order valence-electron chi connectivity index (χ4n) is 1.95. The predicted octanol–water partition coefficient (Wildman–Crippen LogP) is 3.09. The number of nitrogens with zero attached hydrogens (tertiary/aromatic N) is 2. The summed E-state index contributed by atoms with van der Waals surface area (Å²) in [6, 6.07) is 2.69. The van der Waals surface area contributed by atoms with Gasteiger partial charge < -0.3 is 10.6 Å². The van der Waals surface area contributed by atoms with E-state index in [4.69, 9.17) is 0 Å². The van der Waals surface area contributed by atoms with Crippen LogP contribution in [0.4, 0.5) is 11.8 Å². The van der Waals surface area contributed by atoms with Crippen molar-refractivity contribution in [1.82, 2.24) is 9.97 Å². The minimum absolute atomic E-state index is 0.600. The largest absolute Gasteiger partial charge is 0.367 e. The van der Waals surface area contributed by atoms with Crippen LogP contribution in [0.3, 0.4) is 0 Å². The molecule has 1 saturated carbocycles. The van der Waals surface area contributed by atoms with E-state index >= 15 is 0 Å². The summed E-state index contributed by atoms with van der Waals surface area (Å²) in [5.41, 5.74) is 0. The molecular formula is C12H16N4S. The second-order valence-corrected chi connectivity index (χ2v) is 5.23. The van der Waals surface area contributed by atoms with Crippen molar-refractivity contribution in [2.45, 2.75) is 32.2 Å². The number of anilines is 2. The van der Waals surface area contributed by atoms with Gasteiger partial charge in [0.05, 0.1) is 5.39 Å². The maximum absolute atomic E-state index is 4.56. The van der Waals surface area contributed by atoms with Crippen molar-refractivity contribution < 1.29 is 0 Å². The number of hydrogen-bond acceptors (Lipinski definition) is 5. The molecule has 0 bridgehead atoms. The minimum Gasteiger partial charge on any atom is -0.367 e. The Morgan fingerprint density at radius 2 is 2.29 bits per heavy atom. The first kappa shape index (κ1) is 10.8. The molecule has 5 heteroatoms. The first-order valence-electron chi connectivity index (χ1n) is 6.12. The topological polar surface area (TPSA) is 49.8 Å². The maximum Gasteiger partial charge on any atom is 0.226 e. The van der Waals surface area contributed by atoms with Gasteiger partial charge in [-0.1, -0.05) is 0 Å². The van der Waals surface area contributed by atoms with Crippen LogP contribution in [0.2, 0.25) is 0 Å². The smallest absolute Gasteiger partial charge is 0.226 e. The molecule has 0 spiro atoms. The van der Waals surface area contributed by atoms with E-state index in [1.165, 1.54) is 19.3 Å².